The highest BCUT2D eigenvalue weighted by molar-refractivity contribution is 6.31. The number of ether oxygens (including phenoxy) is 1. The molecule has 2 saturated heterocycles. The van der Waals surface area contributed by atoms with Gasteiger partial charge in [0.2, 0.25) is 5.91 Å². The van der Waals surface area contributed by atoms with Crippen LogP contribution in [-0.4, -0.2) is 58.9 Å². The Labute approximate surface area is 181 Å². The van der Waals surface area contributed by atoms with Crippen molar-refractivity contribution in [3.05, 3.63) is 47.0 Å². The van der Waals surface area contributed by atoms with Gasteiger partial charge in [-0.1, -0.05) is 48.9 Å². The normalized spacial score (nSPS) is 28.7. The lowest BCUT2D eigenvalue weighted by molar-refractivity contribution is -0.158. The molecule has 2 fully saturated rings. The molecule has 3 aliphatic rings. The summed E-state index contributed by atoms with van der Waals surface area (Å²) in [6, 6.07) is 6.83. The van der Waals surface area contributed by atoms with Gasteiger partial charge in [-0.15, -0.1) is 0 Å². The van der Waals surface area contributed by atoms with Gasteiger partial charge in [-0.3, -0.25) is 9.59 Å². The molecule has 0 radical (unpaired) electrons. The van der Waals surface area contributed by atoms with Crippen LogP contribution in [0.3, 0.4) is 0 Å². The van der Waals surface area contributed by atoms with E-state index in [0.717, 1.165) is 18.4 Å². The van der Waals surface area contributed by atoms with Gasteiger partial charge in [0.1, 0.15) is 11.6 Å². The summed E-state index contributed by atoms with van der Waals surface area (Å²) in [5.74, 6) is -0.913. The third-order valence-electron chi connectivity index (χ3n) is 6.69. The number of carbonyl (C=O) groups excluding carboxylic acids is 3. The van der Waals surface area contributed by atoms with Crippen LogP contribution in [0.5, 0.6) is 0 Å². The average Bonchev–Trinajstić information content (AvgIpc) is 3.37. The fraction of sp³-hybridized carbons (Fsp3) is 0.522. The van der Waals surface area contributed by atoms with Gasteiger partial charge in [0.05, 0.1) is 13.2 Å². The molecule has 0 unspecified atom stereocenters. The van der Waals surface area contributed by atoms with E-state index >= 15 is 0 Å². The summed E-state index contributed by atoms with van der Waals surface area (Å²) in [5, 5.41) is 0.641. The van der Waals surface area contributed by atoms with Crippen molar-refractivity contribution in [2.45, 2.75) is 56.7 Å². The fourth-order valence-corrected chi connectivity index (χ4v) is 5.36. The quantitative estimate of drug-likeness (QED) is 0.544. The van der Waals surface area contributed by atoms with E-state index in [4.69, 9.17) is 16.3 Å². The molecule has 160 valence electrons. The van der Waals surface area contributed by atoms with Crippen molar-refractivity contribution in [2.24, 2.45) is 5.92 Å². The fourth-order valence-electron chi connectivity index (χ4n) is 5.14. The molecule has 0 aromatic heterocycles. The number of methoxy groups -OCH3 is 1. The van der Waals surface area contributed by atoms with E-state index in [1.807, 2.05) is 43.3 Å². The number of nitrogens with zero attached hydrogens (tertiary/aromatic N) is 2. The second kappa shape index (κ2) is 8.06. The third-order valence-corrected chi connectivity index (χ3v) is 7.06. The SMILES string of the molecule is COC(=O)[C@@H]1CC[C@H]2C=C[C@]3(CCCN3C(=O)[C@@H](C)Cc3ccccc3Cl)C(=O)N21. The van der Waals surface area contributed by atoms with Crippen molar-refractivity contribution >= 4 is 29.4 Å². The number of amides is 2. The first-order valence-electron chi connectivity index (χ1n) is 10.5. The van der Waals surface area contributed by atoms with Crippen LogP contribution in [0.15, 0.2) is 36.4 Å². The maximum absolute atomic E-state index is 13.7. The molecule has 2 amide bonds. The minimum absolute atomic E-state index is 0.0577. The van der Waals surface area contributed by atoms with Gasteiger partial charge in [-0.2, -0.15) is 0 Å². The van der Waals surface area contributed by atoms with Gasteiger partial charge >= 0.3 is 5.97 Å². The van der Waals surface area contributed by atoms with Crippen LogP contribution in [-0.2, 0) is 25.5 Å². The first kappa shape index (κ1) is 20.9. The molecule has 0 N–H and O–H groups in total. The van der Waals surface area contributed by atoms with E-state index in [1.165, 1.54) is 7.11 Å². The van der Waals surface area contributed by atoms with Gasteiger partial charge in [-0.05, 0) is 43.7 Å². The van der Waals surface area contributed by atoms with E-state index in [9.17, 15) is 14.4 Å². The van der Waals surface area contributed by atoms with Crippen molar-refractivity contribution in [2.75, 3.05) is 13.7 Å². The standard InChI is InChI=1S/C23H27ClN2O4/c1-15(14-16-6-3-4-7-18(16)24)20(27)25-13-5-11-23(25)12-10-17-8-9-19(21(28)30-2)26(17)22(23)29/h3-4,6-7,10,12,15,17,19H,5,8-9,11,13-14H2,1-2H3/t15-,17-,19-,23+/m0/s1. The highest BCUT2D eigenvalue weighted by Gasteiger charge is 2.56. The van der Waals surface area contributed by atoms with Crippen LogP contribution in [0.1, 0.15) is 38.2 Å². The molecule has 1 aromatic carbocycles. The van der Waals surface area contributed by atoms with Crippen LogP contribution >= 0.6 is 11.6 Å². The van der Waals surface area contributed by atoms with Crippen LogP contribution in [0.25, 0.3) is 0 Å². The molecule has 3 aliphatic heterocycles. The first-order chi connectivity index (χ1) is 14.4. The molecule has 0 aliphatic carbocycles. The van der Waals surface area contributed by atoms with Crippen LogP contribution in [0, 0.1) is 5.92 Å². The number of halogens is 1. The molecule has 7 heteroatoms. The number of esters is 1. The molecule has 1 aromatic rings. The molecule has 4 rings (SSSR count). The summed E-state index contributed by atoms with van der Waals surface area (Å²) >= 11 is 6.28. The number of hydrogen-bond donors (Lipinski definition) is 0. The average molecular weight is 431 g/mol. The Morgan fingerprint density at radius 1 is 1.30 bits per heavy atom. The Kier molecular flexibility index (Phi) is 5.62. The number of benzene rings is 1. The van der Waals surface area contributed by atoms with E-state index in [0.29, 0.717) is 30.8 Å². The molecule has 30 heavy (non-hydrogen) atoms. The Hall–Kier alpha value is -2.34. The molecular weight excluding hydrogens is 404 g/mol. The Balaban J connectivity index is 1.58. The summed E-state index contributed by atoms with van der Waals surface area (Å²) in [5.41, 5.74) is -0.0806. The van der Waals surface area contributed by atoms with E-state index < -0.39 is 11.6 Å². The van der Waals surface area contributed by atoms with Crippen LogP contribution < -0.4 is 0 Å². The van der Waals surface area contributed by atoms with E-state index in [2.05, 4.69) is 0 Å². The van der Waals surface area contributed by atoms with Gasteiger partial charge in [-0.25, -0.2) is 4.79 Å². The molecule has 3 heterocycles. The highest BCUT2D eigenvalue weighted by atomic mass is 35.5. The molecule has 0 saturated carbocycles. The number of carbonyl (C=O) groups is 3. The summed E-state index contributed by atoms with van der Waals surface area (Å²) in [6.45, 7) is 2.41. The third kappa shape index (κ3) is 3.31. The van der Waals surface area contributed by atoms with Crippen molar-refractivity contribution < 1.29 is 19.1 Å². The summed E-state index contributed by atoms with van der Waals surface area (Å²) in [4.78, 5) is 42.7. The smallest absolute Gasteiger partial charge is 0.328 e. The Morgan fingerprint density at radius 3 is 2.80 bits per heavy atom. The monoisotopic (exact) mass is 430 g/mol. The summed E-state index contributed by atoms with van der Waals surface area (Å²) in [6.07, 6.45) is 7.05. The predicted octanol–water partition coefficient (Wildman–Crippen LogP) is 2.98. The predicted molar refractivity (Wildman–Crippen MR) is 113 cm³/mol. The second-order valence-electron chi connectivity index (χ2n) is 8.47. The zero-order valence-corrected chi connectivity index (χ0v) is 18.1. The van der Waals surface area contributed by atoms with E-state index in [-0.39, 0.29) is 29.7 Å². The lowest BCUT2D eigenvalue weighted by atomic mass is 9.87. The van der Waals surface area contributed by atoms with Gasteiger partial charge in [0.25, 0.3) is 5.91 Å². The van der Waals surface area contributed by atoms with Crippen molar-refractivity contribution in [1.29, 1.82) is 0 Å². The first-order valence-corrected chi connectivity index (χ1v) is 10.9. The minimum Gasteiger partial charge on any atom is -0.467 e. The van der Waals surface area contributed by atoms with Gasteiger partial charge < -0.3 is 14.5 Å². The Morgan fingerprint density at radius 2 is 2.07 bits per heavy atom. The summed E-state index contributed by atoms with van der Waals surface area (Å²) < 4.78 is 4.92. The maximum Gasteiger partial charge on any atom is 0.328 e. The second-order valence-corrected chi connectivity index (χ2v) is 8.88. The van der Waals surface area contributed by atoms with Crippen LogP contribution in [0.4, 0.5) is 0 Å². The topological polar surface area (TPSA) is 66.9 Å². The number of hydrogen-bond acceptors (Lipinski definition) is 4. The lowest BCUT2D eigenvalue weighted by Crippen LogP contribution is -2.63. The molecule has 1 spiro atoms. The lowest BCUT2D eigenvalue weighted by Gasteiger charge is -2.44. The molecule has 4 atom stereocenters. The zero-order chi connectivity index (χ0) is 21.5. The molecular formula is C23H27ClN2O4. The largest absolute Gasteiger partial charge is 0.467 e. The van der Waals surface area contributed by atoms with Crippen molar-refractivity contribution in [3.63, 3.8) is 0 Å². The number of fused-ring (bicyclic) bond motifs is 1. The van der Waals surface area contributed by atoms with Crippen molar-refractivity contribution in [1.82, 2.24) is 9.80 Å². The molecule has 6 nitrogen and oxygen atoms in total. The maximum atomic E-state index is 13.7. The minimum atomic E-state index is -1.00. The van der Waals surface area contributed by atoms with Crippen molar-refractivity contribution in [3.8, 4) is 0 Å². The summed E-state index contributed by atoms with van der Waals surface area (Å²) in [7, 11) is 1.34. The van der Waals surface area contributed by atoms with E-state index in [1.54, 1.807) is 9.80 Å². The van der Waals surface area contributed by atoms with Gasteiger partial charge in [0, 0.05) is 17.5 Å². The van der Waals surface area contributed by atoms with Gasteiger partial charge in [0.15, 0.2) is 0 Å². The zero-order valence-electron chi connectivity index (χ0n) is 17.3. The molecule has 0 bridgehead atoms. The number of rotatable bonds is 4. The van der Waals surface area contributed by atoms with Crippen LogP contribution in [0.2, 0.25) is 5.02 Å². The number of likely N-dealkylation sites (tertiary alicyclic amines) is 1. The highest BCUT2D eigenvalue weighted by Crippen LogP contribution is 2.41. The Bertz CT molecular complexity index is 901.